The van der Waals surface area contributed by atoms with Crippen molar-refractivity contribution < 1.29 is 4.39 Å². The number of hydrogen-bond donors (Lipinski definition) is 1. The van der Waals surface area contributed by atoms with Gasteiger partial charge in [0.1, 0.15) is 11.6 Å². The standard InChI is InChI=1S/C13H11Br2FN2/c1-8-4-5-17-13(12(8)15)18-7-9-6-10(14)2-3-11(9)16/h2-6H,7H2,1H3,(H,17,18). The molecule has 2 rings (SSSR count). The van der Waals surface area contributed by atoms with Gasteiger partial charge < -0.3 is 5.32 Å². The summed E-state index contributed by atoms with van der Waals surface area (Å²) in [5, 5.41) is 3.12. The van der Waals surface area contributed by atoms with Crippen molar-refractivity contribution in [3.63, 3.8) is 0 Å². The van der Waals surface area contributed by atoms with E-state index in [1.165, 1.54) is 6.07 Å². The van der Waals surface area contributed by atoms with Gasteiger partial charge >= 0.3 is 0 Å². The summed E-state index contributed by atoms with van der Waals surface area (Å²) in [6.07, 6.45) is 1.72. The van der Waals surface area contributed by atoms with Crippen molar-refractivity contribution in [2.24, 2.45) is 0 Å². The first-order chi connectivity index (χ1) is 8.58. The molecule has 5 heteroatoms. The first kappa shape index (κ1) is 13.5. The second-order valence-corrected chi connectivity index (χ2v) is 5.59. The summed E-state index contributed by atoms with van der Waals surface area (Å²) < 4.78 is 15.3. The zero-order valence-electron chi connectivity index (χ0n) is 9.67. The van der Waals surface area contributed by atoms with Crippen LogP contribution in [0.3, 0.4) is 0 Å². The third-order valence-corrected chi connectivity index (χ3v) is 4.03. The largest absolute Gasteiger partial charge is 0.365 e. The Hall–Kier alpha value is -0.940. The summed E-state index contributed by atoms with van der Waals surface area (Å²) in [6.45, 7) is 2.37. The van der Waals surface area contributed by atoms with Crippen molar-refractivity contribution in [1.82, 2.24) is 4.98 Å². The third-order valence-electron chi connectivity index (χ3n) is 2.54. The lowest BCUT2D eigenvalue weighted by molar-refractivity contribution is 0.612. The van der Waals surface area contributed by atoms with Crippen molar-refractivity contribution >= 4 is 37.7 Å². The first-order valence-corrected chi connectivity index (χ1v) is 6.95. The molecule has 0 aliphatic carbocycles. The number of pyridine rings is 1. The summed E-state index contributed by atoms with van der Waals surface area (Å²) in [6, 6.07) is 6.79. The summed E-state index contributed by atoms with van der Waals surface area (Å²) >= 11 is 6.79. The van der Waals surface area contributed by atoms with E-state index < -0.39 is 0 Å². The Kier molecular flexibility index (Phi) is 4.35. The molecule has 2 aromatic rings. The Morgan fingerprint density at radius 2 is 2.06 bits per heavy atom. The molecule has 1 aromatic heterocycles. The van der Waals surface area contributed by atoms with Crippen LogP contribution in [-0.2, 0) is 6.54 Å². The van der Waals surface area contributed by atoms with Crippen LogP contribution in [0, 0.1) is 12.7 Å². The van der Waals surface area contributed by atoms with Crippen LogP contribution < -0.4 is 5.32 Å². The van der Waals surface area contributed by atoms with E-state index in [1.54, 1.807) is 18.3 Å². The van der Waals surface area contributed by atoms with Gasteiger partial charge in [-0.05, 0) is 52.7 Å². The van der Waals surface area contributed by atoms with E-state index in [9.17, 15) is 4.39 Å². The lowest BCUT2D eigenvalue weighted by atomic mass is 10.2. The number of anilines is 1. The molecule has 2 nitrogen and oxygen atoms in total. The monoisotopic (exact) mass is 372 g/mol. The summed E-state index contributed by atoms with van der Waals surface area (Å²) in [5.41, 5.74) is 1.68. The Bertz CT molecular complexity index is 571. The smallest absolute Gasteiger partial charge is 0.140 e. The molecule has 1 N–H and O–H groups in total. The van der Waals surface area contributed by atoms with E-state index >= 15 is 0 Å². The van der Waals surface area contributed by atoms with E-state index in [4.69, 9.17) is 0 Å². The summed E-state index contributed by atoms with van der Waals surface area (Å²) in [7, 11) is 0. The van der Waals surface area contributed by atoms with E-state index in [0.717, 1.165) is 20.3 Å². The lowest BCUT2D eigenvalue weighted by Crippen LogP contribution is -2.04. The van der Waals surface area contributed by atoms with Gasteiger partial charge in [-0.15, -0.1) is 0 Å². The fourth-order valence-corrected chi connectivity index (χ4v) is 2.30. The van der Waals surface area contributed by atoms with Gasteiger partial charge in [0.25, 0.3) is 0 Å². The molecule has 0 unspecified atom stereocenters. The molecule has 18 heavy (non-hydrogen) atoms. The Morgan fingerprint density at radius 3 is 2.83 bits per heavy atom. The van der Waals surface area contributed by atoms with Crippen LogP contribution in [0.15, 0.2) is 39.4 Å². The molecule has 0 fully saturated rings. The Morgan fingerprint density at radius 1 is 1.28 bits per heavy atom. The highest BCUT2D eigenvalue weighted by atomic mass is 79.9. The maximum absolute atomic E-state index is 13.6. The molecule has 0 aliphatic rings. The predicted octanol–water partition coefficient (Wildman–Crippen LogP) is 4.67. The van der Waals surface area contributed by atoms with Crippen LogP contribution in [0.1, 0.15) is 11.1 Å². The molecule has 0 aliphatic heterocycles. The molecule has 0 radical (unpaired) electrons. The normalized spacial score (nSPS) is 10.4. The highest BCUT2D eigenvalue weighted by molar-refractivity contribution is 9.11. The SMILES string of the molecule is Cc1ccnc(NCc2cc(Br)ccc2F)c1Br. The van der Waals surface area contributed by atoms with Crippen molar-refractivity contribution in [2.45, 2.75) is 13.5 Å². The maximum atomic E-state index is 13.6. The fourth-order valence-electron chi connectivity index (χ4n) is 1.52. The molecule has 94 valence electrons. The highest BCUT2D eigenvalue weighted by Gasteiger charge is 2.06. The van der Waals surface area contributed by atoms with Crippen LogP contribution in [0.25, 0.3) is 0 Å². The number of hydrogen-bond acceptors (Lipinski definition) is 2. The van der Waals surface area contributed by atoms with Gasteiger partial charge in [0.15, 0.2) is 0 Å². The second-order valence-electron chi connectivity index (χ2n) is 3.88. The third kappa shape index (κ3) is 3.09. The molecule has 1 aromatic carbocycles. The van der Waals surface area contributed by atoms with Crippen molar-refractivity contribution in [3.8, 4) is 0 Å². The van der Waals surface area contributed by atoms with Crippen molar-refractivity contribution in [1.29, 1.82) is 0 Å². The molecule has 0 atom stereocenters. The van der Waals surface area contributed by atoms with Crippen LogP contribution in [-0.4, -0.2) is 4.98 Å². The van der Waals surface area contributed by atoms with Crippen LogP contribution in [0.2, 0.25) is 0 Å². The zero-order chi connectivity index (χ0) is 13.1. The average Bonchev–Trinajstić information content (AvgIpc) is 2.35. The zero-order valence-corrected chi connectivity index (χ0v) is 12.8. The van der Waals surface area contributed by atoms with Gasteiger partial charge in [0.05, 0.1) is 4.47 Å². The Balaban J connectivity index is 2.16. The van der Waals surface area contributed by atoms with Crippen LogP contribution in [0.4, 0.5) is 10.2 Å². The minimum atomic E-state index is -0.227. The van der Waals surface area contributed by atoms with Crippen molar-refractivity contribution in [3.05, 3.63) is 56.4 Å². The van der Waals surface area contributed by atoms with Crippen LogP contribution >= 0.6 is 31.9 Å². The number of aromatic nitrogens is 1. The average molecular weight is 374 g/mol. The van der Waals surface area contributed by atoms with E-state index in [2.05, 4.69) is 42.2 Å². The topological polar surface area (TPSA) is 24.9 Å². The van der Waals surface area contributed by atoms with Gasteiger partial charge in [0.2, 0.25) is 0 Å². The summed E-state index contributed by atoms with van der Waals surface area (Å²) in [5.74, 6) is 0.490. The predicted molar refractivity (Wildman–Crippen MR) is 78.1 cm³/mol. The molecule has 0 bridgehead atoms. The molecular formula is C13H11Br2FN2. The van der Waals surface area contributed by atoms with Gasteiger partial charge in [-0.1, -0.05) is 15.9 Å². The van der Waals surface area contributed by atoms with Gasteiger partial charge in [-0.3, -0.25) is 0 Å². The highest BCUT2D eigenvalue weighted by Crippen LogP contribution is 2.24. The fraction of sp³-hybridized carbons (Fsp3) is 0.154. The summed E-state index contributed by atoms with van der Waals surface area (Å²) in [4.78, 5) is 4.21. The number of rotatable bonds is 3. The Labute approximate surface area is 122 Å². The van der Waals surface area contributed by atoms with E-state index in [0.29, 0.717) is 12.1 Å². The van der Waals surface area contributed by atoms with E-state index in [1.807, 2.05) is 13.0 Å². The molecule has 0 saturated carbocycles. The minimum Gasteiger partial charge on any atom is -0.365 e. The molecule has 0 amide bonds. The van der Waals surface area contributed by atoms with E-state index in [-0.39, 0.29) is 5.82 Å². The molecular weight excluding hydrogens is 363 g/mol. The van der Waals surface area contributed by atoms with Gasteiger partial charge in [0, 0.05) is 22.8 Å². The van der Waals surface area contributed by atoms with Crippen LogP contribution in [0.5, 0.6) is 0 Å². The molecule has 1 heterocycles. The first-order valence-electron chi connectivity index (χ1n) is 5.37. The molecule has 0 spiro atoms. The number of halogens is 3. The number of aryl methyl sites for hydroxylation is 1. The minimum absolute atomic E-state index is 0.227. The number of nitrogens with zero attached hydrogens (tertiary/aromatic N) is 1. The number of benzene rings is 1. The van der Waals surface area contributed by atoms with Crippen molar-refractivity contribution in [2.75, 3.05) is 5.32 Å². The second kappa shape index (κ2) is 5.80. The van der Waals surface area contributed by atoms with Gasteiger partial charge in [-0.2, -0.15) is 0 Å². The lowest BCUT2D eigenvalue weighted by Gasteiger charge is -2.10. The quantitative estimate of drug-likeness (QED) is 0.845. The molecule has 0 saturated heterocycles. The maximum Gasteiger partial charge on any atom is 0.140 e. The number of nitrogens with one attached hydrogen (secondary N) is 1. The van der Waals surface area contributed by atoms with Gasteiger partial charge in [-0.25, -0.2) is 9.37 Å².